The summed E-state index contributed by atoms with van der Waals surface area (Å²) in [7, 11) is 0. The first kappa shape index (κ1) is 14.4. The summed E-state index contributed by atoms with van der Waals surface area (Å²) in [4.78, 5) is 32.3. The number of nitrogens with two attached hydrogens (primary N) is 1. The minimum Gasteiger partial charge on any atom is -0.480 e. The zero-order valence-electron chi connectivity index (χ0n) is 9.16. The lowest BCUT2D eigenvalue weighted by Crippen LogP contribution is -2.39. The minimum absolute atomic E-state index is 0.0575. The molecular weight excluding hydrogens is 214 g/mol. The first-order valence-corrected chi connectivity index (χ1v) is 4.91. The summed E-state index contributed by atoms with van der Waals surface area (Å²) in [5.74, 6) is -1.88. The molecule has 92 valence electrons. The van der Waals surface area contributed by atoms with Gasteiger partial charge in [-0.2, -0.15) is 0 Å². The van der Waals surface area contributed by atoms with Gasteiger partial charge in [0.05, 0.1) is 6.54 Å². The van der Waals surface area contributed by atoms with Crippen LogP contribution in [0.3, 0.4) is 0 Å². The van der Waals surface area contributed by atoms with Gasteiger partial charge in [-0.3, -0.25) is 14.4 Å². The Morgan fingerprint density at radius 3 is 2.25 bits per heavy atom. The van der Waals surface area contributed by atoms with Crippen molar-refractivity contribution in [3.8, 4) is 0 Å². The molecular formula is C9H17N3O4. The van der Waals surface area contributed by atoms with Gasteiger partial charge in [0.2, 0.25) is 11.8 Å². The second kappa shape index (κ2) is 7.63. The number of amides is 2. The second-order valence-corrected chi connectivity index (χ2v) is 3.49. The molecule has 0 aromatic rings. The number of hydrogen-bond acceptors (Lipinski definition) is 4. The Morgan fingerprint density at radius 2 is 1.75 bits per heavy atom. The molecule has 5 N–H and O–H groups in total. The van der Waals surface area contributed by atoms with Gasteiger partial charge in [-0.25, -0.2) is 0 Å². The van der Waals surface area contributed by atoms with Crippen LogP contribution in [-0.2, 0) is 14.4 Å². The molecule has 0 aliphatic heterocycles. The third-order valence-electron chi connectivity index (χ3n) is 1.82. The summed E-state index contributed by atoms with van der Waals surface area (Å²) < 4.78 is 0. The highest BCUT2D eigenvalue weighted by molar-refractivity contribution is 5.86. The van der Waals surface area contributed by atoms with Gasteiger partial charge in [0.1, 0.15) is 6.54 Å². The van der Waals surface area contributed by atoms with Crippen molar-refractivity contribution in [1.29, 1.82) is 0 Å². The number of nitrogens with one attached hydrogen (secondary N) is 2. The van der Waals surface area contributed by atoms with Gasteiger partial charge >= 0.3 is 5.97 Å². The number of carbonyl (C=O) groups is 3. The fourth-order valence-corrected chi connectivity index (χ4v) is 0.888. The van der Waals surface area contributed by atoms with Crippen LogP contribution in [0.1, 0.15) is 13.3 Å². The van der Waals surface area contributed by atoms with E-state index < -0.39 is 18.4 Å². The maximum absolute atomic E-state index is 11.2. The van der Waals surface area contributed by atoms with E-state index in [-0.39, 0.29) is 24.8 Å². The Morgan fingerprint density at radius 1 is 1.19 bits per heavy atom. The molecule has 0 rings (SSSR count). The minimum atomic E-state index is -1.13. The Kier molecular flexibility index (Phi) is 6.86. The van der Waals surface area contributed by atoms with Crippen LogP contribution in [-0.4, -0.2) is 42.5 Å². The molecule has 0 saturated carbocycles. The van der Waals surface area contributed by atoms with Gasteiger partial charge in [0.15, 0.2) is 0 Å². The number of hydrogen-bond donors (Lipinski definition) is 4. The van der Waals surface area contributed by atoms with Crippen molar-refractivity contribution in [2.45, 2.75) is 13.3 Å². The topological polar surface area (TPSA) is 122 Å². The smallest absolute Gasteiger partial charge is 0.322 e. The molecule has 7 heteroatoms. The molecule has 0 spiro atoms. The first-order valence-electron chi connectivity index (χ1n) is 4.91. The maximum Gasteiger partial charge on any atom is 0.322 e. The Bertz CT molecular complexity index is 267. The van der Waals surface area contributed by atoms with Crippen LogP contribution in [0.2, 0.25) is 0 Å². The Labute approximate surface area is 93.4 Å². The summed E-state index contributed by atoms with van der Waals surface area (Å²) in [6.07, 6.45) is 0.253. The zero-order chi connectivity index (χ0) is 12.6. The molecule has 1 atom stereocenters. The molecule has 0 aliphatic carbocycles. The number of carboxylic acids is 1. The standard InChI is InChI=1S/C9H17N3O4/c1-6(3-10)2-7(13)11-4-8(14)12-5-9(15)16/h6H,2-5,10H2,1H3,(H,11,13)(H,12,14)(H,15,16). The van der Waals surface area contributed by atoms with Gasteiger partial charge in [-0.05, 0) is 12.5 Å². The number of aliphatic carboxylic acids is 1. The van der Waals surface area contributed by atoms with E-state index >= 15 is 0 Å². The lowest BCUT2D eigenvalue weighted by Gasteiger charge is -2.08. The molecule has 0 radical (unpaired) electrons. The quantitative estimate of drug-likeness (QED) is 0.415. The van der Waals surface area contributed by atoms with E-state index in [0.717, 1.165) is 0 Å². The Balaban J connectivity index is 3.67. The molecule has 1 unspecified atom stereocenters. The fourth-order valence-electron chi connectivity index (χ4n) is 0.888. The summed E-state index contributed by atoms with van der Waals surface area (Å²) in [5.41, 5.74) is 5.33. The third-order valence-corrected chi connectivity index (χ3v) is 1.82. The summed E-state index contributed by atoms with van der Waals surface area (Å²) >= 11 is 0. The van der Waals surface area contributed by atoms with Crippen LogP contribution < -0.4 is 16.4 Å². The van der Waals surface area contributed by atoms with Crippen molar-refractivity contribution in [3.05, 3.63) is 0 Å². The second-order valence-electron chi connectivity index (χ2n) is 3.49. The molecule has 0 aromatic carbocycles. The third kappa shape index (κ3) is 7.74. The van der Waals surface area contributed by atoms with Crippen molar-refractivity contribution >= 4 is 17.8 Å². The van der Waals surface area contributed by atoms with E-state index in [0.29, 0.717) is 6.54 Å². The molecule has 2 amide bonds. The van der Waals surface area contributed by atoms with Crippen molar-refractivity contribution < 1.29 is 19.5 Å². The highest BCUT2D eigenvalue weighted by atomic mass is 16.4. The molecule has 16 heavy (non-hydrogen) atoms. The predicted molar refractivity (Wildman–Crippen MR) is 56.5 cm³/mol. The first-order chi connectivity index (χ1) is 7.45. The SMILES string of the molecule is CC(CN)CC(=O)NCC(=O)NCC(=O)O. The van der Waals surface area contributed by atoms with E-state index in [2.05, 4.69) is 10.6 Å². The number of carboxylic acid groups (broad SMARTS) is 1. The van der Waals surface area contributed by atoms with Crippen LogP contribution in [0.25, 0.3) is 0 Å². The van der Waals surface area contributed by atoms with Gasteiger partial charge in [0.25, 0.3) is 0 Å². The van der Waals surface area contributed by atoms with Crippen molar-refractivity contribution in [3.63, 3.8) is 0 Å². The largest absolute Gasteiger partial charge is 0.480 e. The molecule has 0 bridgehead atoms. The van der Waals surface area contributed by atoms with E-state index in [1.165, 1.54) is 0 Å². The highest BCUT2D eigenvalue weighted by Crippen LogP contribution is 1.97. The van der Waals surface area contributed by atoms with Crippen LogP contribution in [0.4, 0.5) is 0 Å². The van der Waals surface area contributed by atoms with Gasteiger partial charge in [-0.1, -0.05) is 6.92 Å². The van der Waals surface area contributed by atoms with Crippen LogP contribution in [0, 0.1) is 5.92 Å². The molecule has 7 nitrogen and oxygen atoms in total. The molecule has 0 fully saturated rings. The van der Waals surface area contributed by atoms with Crippen molar-refractivity contribution in [2.75, 3.05) is 19.6 Å². The maximum atomic E-state index is 11.2. The number of rotatable bonds is 7. The van der Waals surface area contributed by atoms with Crippen LogP contribution in [0.5, 0.6) is 0 Å². The van der Waals surface area contributed by atoms with Crippen LogP contribution >= 0.6 is 0 Å². The normalized spacial score (nSPS) is 11.6. The highest BCUT2D eigenvalue weighted by Gasteiger charge is 2.09. The van der Waals surface area contributed by atoms with E-state index in [9.17, 15) is 14.4 Å². The monoisotopic (exact) mass is 231 g/mol. The lowest BCUT2D eigenvalue weighted by atomic mass is 10.1. The summed E-state index contributed by atoms with van der Waals surface area (Å²) in [6, 6.07) is 0. The molecule has 0 aromatic heterocycles. The molecule has 0 aliphatic rings. The molecule has 0 heterocycles. The summed E-state index contributed by atoms with van der Waals surface area (Å²) in [6.45, 7) is 1.56. The fraction of sp³-hybridized carbons (Fsp3) is 0.667. The van der Waals surface area contributed by atoms with Crippen molar-refractivity contribution in [1.82, 2.24) is 10.6 Å². The van der Waals surface area contributed by atoms with E-state index in [1.807, 2.05) is 6.92 Å². The lowest BCUT2D eigenvalue weighted by molar-refractivity contribution is -0.137. The van der Waals surface area contributed by atoms with Gasteiger partial charge in [0, 0.05) is 6.42 Å². The van der Waals surface area contributed by atoms with E-state index in [1.54, 1.807) is 0 Å². The van der Waals surface area contributed by atoms with Gasteiger partial charge < -0.3 is 21.5 Å². The predicted octanol–water partition coefficient (Wildman–Crippen LogP) is -1.71. The molecule has 0 saturated heterocycles. The van der Waals surface area contributed by atoms with Gasteiger partial charge in [-0.15, -0.1) is 0 Å². The Hall–Kier alpha value is -1.63. The van der Waals surface area contributed by atoms with Crippen molar-refractivity contribution in [2.24, 2.45) is 11.7 Å². The average Bonchev–Trinajstić information content (AvgIpc) is 2.23. The average molecular weight is 231 g/mol. The zero-order valence-corrected chi connectivity index (χ0v) is 9.16. The number of carbonyl (C=O) groups excluding carboxylic acids is 2. The van der Waals surface area contributed by atoms with E-state index in [4.69, 9.17) is 10.8 Å². The summed E-state index contributed by atoms with van der Waals surface area (Å²) in [5, 5.41) is 12.8. The van der Waals surface area contributed by atoms with Crippen LogP contribution in [0.15, 0.2) is 0 Å².